The smallest absolute Gasteiger partial charge is 0.358 e. The number of carbonyl (C=O) groups is 1. The van der Waals surface area contributed by atoms with Crippen molar-refractivity contribution in [1.29, 1.82) is 0 Å². The van der Waals surface area contributed by atoms with Gasteiger partial charge in [-0.05, 0) is 31.2 Å². The minimum Gasteiger partial charge on any atom is -0.476 e. The topological polar surface area (TPSA) is 90.3 Å². The number of imidazole rings is 1. The molecule has 3 rings (SSSR count). The van der Waals surface area contributed by atoms with Gasteiger partial charge < -0.3 is 14.2 Å². The van der Waals surface area contributed by atoms with Crippen LogP contribution in [-0.2, 0) is 7.05 Å². The summed E-state index contributed by atoms with van der Waals surface area (Å²) in [6, 6.07) is 8.40. The Kier molecular flexibility index (Phi) is 3.17. The van der Waals surface area contributed by atoms with Crippen LogP contribution in [0, 0.1) is 6.92 Å². The van der Waals surface area contributed by atoms with Crippen molar-refractivity contribution in [2.24, 2.45) is 7.05 Å². The molecule has 0 atom stereocenters. The van der Waals surface area contributed by atoms with Gasteiger partial charge in [-0.25, -0.2) is 9.59 Å². The van der Waals surface area contributed by atoms with Crippen molar-refractivity contribution in [3.8, 4) is 17.0 Å². The minimum absolute atomic E-state index is 0.127. The molecule has 0 amide bonds. The van der Waals surface area contributed by atoms with Crippen LogP contribution in [-0.4, -0.2) is 25.4 Å². The molecule has 1 aromatic carbocycles. The number of aromatic carboxylic acids is 1. The number of rotatable bonds is 3. The molecule has 0 bridgehead atoms. The van der Waals surface area contributed by atoms with Crippen LogP contribution in [0.2, 0.25) is 0 Å². The van der Waals surface area contributed by atoms with Crippen molar-refractivity contribution < 1.29 is 14.4 Å². The van der Waals surface area contributed by atoms with E-state index < -0.39 is 5.97 Å². The van der Waals surface area contributed by atoms with E-state index in [0.29, 0.717) is 11.3 Å². The van der Waals surface area contributed by atoms with E-state index in [-0.39, 0.29) is 11.4 Å². The molecule has 3 aromatic rings. The fourth-order valence-corrected chi connectivity index (χ4v) is 2.30. The van der Waals surface area contributed by atoms with Crippen LogP contribution in [0.25, 0.3) is 17.0 Å². The Morgan fingerprint density at radius 3 is 2.45 bits per heavy atom. The summed E-state index contributed by atoms with van der Waals surface area (Å²) in [5.74, 6) is -0.779. The Morgan fingerprint density at radius 1 is 1.27 bits per heavy atom. The number of carboxylic acid groups (broad SMARTS) is 1. The van der Waals surface area contributed by atoms with Crippen LogP contribution in [0.3, 0.4) is 0 Å². The zero-order valence-electron chi connectivity index (χ0n) is 12.0. The lowest BCUT2D eigenvalue weighted by Crippen LogP contribution is -2.21. The standard InChI is InChI=1S/C15H13N3O4/c1-9-8-17(2)15(21)18(9)11-5-3-10(4-6-11)13-7-12(14(19)20)16-22-13/h3-8H,1-2H3,(H,19,20). The first-order valence-electron chi connectivity index (χ1n) is 6.53. The Balaban J connectivity index is 1.99. The third kappa shape index (κ3) is 2.22. The minimum atomic E-state index is -1.14. The maximum atomic E-state index is 12.1. The molecule has 0 aliphatic heterocycles. The van der Waals surface area contributed by atoms with Gasteiger partial charge in [0.1, 0.15) is 0 Å². The molecule has 0 radical (unpaired) electrons. The maximum absolute atomic E-state index is 12.1. The van der Waals surface area contributed by atoms with Gasteiger partial charge in [-0.2, -0.15) is 0 Å². The Labute approximate surface area is 125 Å². The van der Waals surface area contributed by atoms with Crippen LogP contribution >= 0.6 is 0 Å². The lowest BCUT2D eigenvalue weighted by molar-refractivity contribution is 0.0686. The Morgan fingerprint density at radius 2 is 1.95 bits per heavy atom. The highest BCUT2D eigenvalue weighted by molar-refractivity contribution is 5.86. The SMILES string of the molecule is Cc1cn(C)c(=O)n1-c1ccc(-c2cc(C(=O)O)no2)cc1. The van der Waals surface area contributed by atoms with Crippen molar-refractivity contribution in [1.82, 2.24) is 14.3 Å². The molecule has 112 valence electrons. The highest BCUT2D eigenvalue weighted by Gasteiger charge is 2.13. The second-order valence-corrected chi connectivity index (χ2v) is 4.93. The van der Waals surface area contributed by atoms with Gasteiger partial charge in [0, 0.05) is 30.6 Å². The van der Waals surface area contributed by atoms with E-state index in [1.54, 1.807) is 42.1 Å². The summed E-state index contributed by atoms with van der Waals surface area (Å²) >= 11 is 0. The average Bonchev–Trinajstić information content (AvgIpc) is 3.06. The van der Waals surface area contributed by atoms with Crippen molar-refractivity contribution in [3.63, 3.8) is 0 Å². The van der Waals surface area contributed by atoms with Crippen LogP contribution in [0.4, 0.5) is 0 Å². The first kappa shape index (κ1) is 13.9. The second-order valence-electron chi connectivity index (χ2n) is 4.93. The second kappa shape index (κ2) is 5.03. The number of benzene rings is 1. The first-order valence-corrected chi connectivity index (χ1v) is 6.53. The summed E-state index contributed by atoms with van der Waals surface area (Å²) in [7, 11) is 1.70. The van der Waals surface area contributed by atoms with Gasteiger partial charge in [0.25, 0.3) is 0 Å². The predicted molar refractivity (Wildman–Crippen MR) is 78.2 cm³/mol. The molecule has 1 N–H and O–H groups in total. The van der Waals surface area contributed by atoms with E-state index in [4.69, 9.17) is 9.63 Å². The van der Waals surface area contributed by atoms with Crippen LogP contribution in [0.15, 0.2) is 45.8 Å². The van der Waals surface area contributed by atoms with Crippen molar-refractivity contribution in [3.05, 3.63) is 58.4 Å². The van der Waals surface area contributed by atoms with Crippen LogP contribution < -0.4 is 5.69 Å². The van der Waals surface area contributed by atoms with Gasteiger partial charge >= 0.3 is 11.7 Å². The Hall–Kier alpha value is -3.09. The molecule has 0 aliphatic rings. The molecular weight excluding hydrogens is 286 g/mol. The Bertz CT molecular complexity index is 900. The third-order valence-corrected chi connectivity index (χ3v) is 3.37. The number of carboxylic acids is 1. The lowest BCUT2D eigenvalue weighted by atomic mass is 10.1. The normalized spacial score (nSPS) is 10.8. The largest absolute Gasteiger partial charge is 0.476 e. The van der Waals surface area contributed by atoms with Crippen molar-refractivity contribution >= 4 is 5.97 Å². The number of aromatic nitrogens is 3. The van der Waals surface area contributed by atoms with Crippen LogP contribution in [0.5, 0.6) is 0 Å². The van der Waals surface area contributed by atoms with E-state index in [9.17, 15) is 9.59 Å². The molecule has 22 heavy (non-hydrogen) atoms. The number of aryl methyl sites for hydroxylation is 2. The molecule has 0 unspecified atom stereocenters. The number of nitrogens with zero attached hydrogens (tertiary/aromatic N) is 3. The third-order valence-electron chi connectivity index (χ3n) is 3.37. The molecule has 0 saturated heterocycles. The van der Waals surface area contributed by atoms with Crippen molar-refractivity contribution in [2.75, 3.05) is 0 Å². The van der Waals surface area contributed by atoms with Gasteiger partial charge in [-0.15, -0.1) is 0 Å². The molecule has 7 heteroatoms. The molecular formula is C15H13N3O4. The molecule has 0 fully saturated rings. The zero-order chi connectivity index (χ0) is 15.9. The average molecular weight is 299 g/mol. The van der Waals surface area contributed by atoms with E-state index in [2.05, 4.69) is 5.16 Å². The summed E-state index contributed by atoms with van der Waals surface area (Å²) in [6.07, 6.45) is 1.76. The van der Waals surface area contributed by atoms with Crippen molar-refractivity contribution in [2.45, 2.75) is 6.92 Å². The van der Waals surface area contributed by atoms with E-state index in [0.717, 1.165) is 11.4 Å². The summed E-state index contributed by atoms with van der Waals surface area (Å²) in [5, 5.41) is 12.3. The summed E-state index contributed by atoms with van der Waals surface area (Å²) < 4.78 is 8.11. The summed E-state index contributed by atoms with van der Waals surface area (Å²) in [5.41, 5.74) is 1.97. The monoisotopic (exact) mass is 299 g/mol. The summed E-state index contributed by atoms with van der Waals surface area (Å²) in [6.45, 7) is 1.85. The van der Waals surface area contributed by atoms with Gasteiger partial charge in [-0.1, -0.05) is 5.16 Å². The van der Waals surface area contributed by atoms with Gasteiger partial charge in [0.2, 0.25) is 0 Å². The zero-order valence-corrected chi connectivity index (χ0v) is 12.0. The fourth-order valence-electron chi connectivity index (χ4n) is 2.30. The highest BCUT2D eigenvalue weighted by atomic mass is 16.5. The molecule has 0 saturated carbocycles. The number of hydrogen-bond acceptors (Lipinski definition) is 4. The molecule has 0 spiro atoms. The maximum Gasteiger partial charge on any atom is 0.358 e. The van der Waals surface area contributed by atoms with Gasteiger partial charge in [0.15, 0.2) is 11.5 Å². The molecule has 0 aliphatic carbocycles. The van der Waals surface area contributed by atoms with Gasteiger partial charge in [0.05, 0.1) is 5.69 Å². The molecule has 7 nitrogen and oxygen atoms in total. The molecule has 2 aromatic heterocycles. The first-order chi connectivity index (χ1) is 10.5. The molecule has 2 heterocycles. The van der Waals surface area contributed by atoms with E-state index >= 15 is 0 Å². The van der Waals surface area contributed by atoms with E-state index in [1.807, 2.05) is 6.92 Å². The van der Waals surface area contributed by atoms with Crippen LogP contribution in [0.1, 0.15) is 16.2 Å². The lowest BCUT2D eigenvalue weighted by Gasteiger charge is -2.04. The quantitative estimate of drug-likeness (QED) is 0.797. The highest BCUT2D eigenvalue weighted by Crippen LogP contribution is 2.22. The predicted octanol–water partition coefficient (Wildman–Crippen LogP) is 1.84. The fraction of sp³-hybridized carbons (Fsp3) is 0.133. The van der Waals surface area contributed by atoms with E-state index in [1.165, 1.54) is 10.6 Å². The van der Waals surface area contributed by atoms with Gasteiger partial charge in [-0.3, -0.25) is 4.57 Å². The number of hydrogen-bond donors (Lipinski definition) is 1. The summed E-state index contributed by atoms with van der Waals surface area (Å²) in [4.78, 5) is 22.9.